The Hall–Kier alpha value is -4.59. The van der Waals surface area contributed by atoms with E-state index < -0.39 is 6.29 Å². The average molecular weight is 724 g/mol. The molecule has 10 nitrogen and oxygen atoms in total. The van der Waals surface area contributed by atoms with Gasteiger partial charge in [0.05, 0.1) is 30.2 Å². The number of nitrogen functional groups attached to an aromatic ring is 1. The lowest BCUT2D eigenvalue weighted by Gasteiger charge is -2.36. The minimum Gasteiger partial charge on any atom is -0.397 e. The maximum atomic E-state index is 12.5. The van der Waals surface area contributed by atoms with Crippen LogP contribution in [0.25, 0.3) is 11.1 Å². The number of nitrogens with zero attached hydrogens (tertiary/aromatic N) is 2. The van der Waals surface area contributed by atoms with Crippen LogP contribution in [0.4, 0.5) is 11.4 Å². The van der Waals surface area contributed by atoms with Gasteiger partial charge in [-0.05, 0) is 59.4 Å². The summed E-state index contributed by atoms with van der Waals surface area (Å²) in [5, 5.41) is 24.6. The van der Waals surface area contributed by atoms with Crippen LogP contribution in [0.15, 0.2) is 101 Å². The second-order valence-electron chi connectivity index (χ2n) is 12.3. The monoisotopic (exact) mass is 723 g/mol. The first-order chi connectivity index (χ1) is 24.8. The fraction of sp³-hybridized carbons (Fsp3) is 0.282. The number of anilines is 2. The topological polar surface area (TPSA) is 149 Å². The first kappa shape index (κ1) is 36.2. The maximum Gasteiger partial charge on any atom is 0.224 e. The van der Waals surface area contributed by atoms with Crippen LogP contribution in [0.3, 0.4) is 0 Å². The molecule has 2 heterocycles. The molecule has 0 unspecified atom stereocenters. The summed E-state index contributed by atoms with van der Waals surface area (Å²) in [5.41, 5.74) is 12.8. The van der Waals surface area contributed by atoms with Crippen LogP contribution in [0.5, 0.6) is 0 Å². The molecule has 2 amide bonds. The minimum absolute atomic E-state index is 0.00401. The molecule has 0 radical (unpaired) electrons. The Morgan fingerprint density at radius 2 is 1.65 bits per heavy atom. The number of carbonyl (C=O) groups excluding carboxylic acids is 2. The van der Waals surface area contributed by atoms with E-state index in [2.05, 4.69) is 39.0 Å². The smallest absolute Gasteiger partial charge is 0.224 e. The molecular weight excluding hydrogens is 683 g/mol. The molecule has 1 aromatic heterocycles. The zero-order valence-corrected chi connectivity index (χ0v) is 29.9. The molecule has 3 atom stereocenters. The van der Waals surface area contributed by atoms with Gasteiger partial charge in [-0.2, -0.15) is 0 Å². The molecule has 1 saturated heterocycles. The molecular formula is C39H41N5O5S2. The normalized spacial score (nSPS) is 17.2. The number of nitrogens with two attached hydrogens (primary N) is 1. The number of hydrogen-bond donors (Lipinski definition) is 4. The highest BCUT2D eigenvalue weighted by atomic mass is 32.2. The number of aromatic nitrogens is 2. The highest BCUT2D eigenvalue weighted by Gasteiger charge is 2.32. The van der Waals surface area contributed by atoms with Gasteiger partial charge in [0.2, 0.25) is 11.8 Å². The molecule has 6 rings (SSSR count). The summed E-state index contributed by atoms with van der Waals surface area (Å²) in [5.74, 6) is 0.440. The third-order valence-electron chi connectivity index (χ3n) is 8.49. The van der Waals surface area contributed by atoms with Crippen molar-refractivity contribution in [2.75, 3.05) is 16.8 Å². The van der Waals surface area contributed by atoms with E-state index in [9.17, 15) is 14.7 Å². The number of thioether (sulfide) groups is 1. The summed E-state index contributed by atoms with van der Waals surface area (Å²) in [6, 6.07) is 31.2. The number of rotatable bonds is 14. The van der Waals surface area contributed by atoms with Gasteiger partial charge in [-0.15, -0.1) is 10.2 Å². The maximum absolute atomic E-state index is 12.5. The van der Waals surface area contributed by atoms with Crippen molar-refractivity contribution in [3.8, 4) is 11.1 Å². The van der Waals surface area contributed by atoms with Gasteiger partial charge in [0.25, 0.3) is 0 Å². The van der Waals surface area contributed by atoms with Crippen molar-refractivity contribution in [2.24, 2.45) is 0 Å². The van der Waals surface area contributed by atoms with Gasteiger partial charge >= 0.3 is 0 Å². The minimum atomic E-state index is -0.554. The van der Waals surface area contributed by atoms with E-state index in [0.717, 1.165) is 48.5 Å². The molecule has 0 saturated carbocycles. The number of carbonyl (C=O) groups is 2. The van der Waals surface area contributed by atoms with Crippen LogP contribution in [-0.2, 0) is 32.2 Å². The number of aliphatic hydroxyl groups is 1. The van der Waals surface area contributed by atoms with Gasteiger partial charge in [0.15, 0.2) is 10.6 Å². The highest BCUT2D eigenvalue weighted by Crippen LogP contribution is 2.40. The van der Waals surface area contributed by atoms with E-state index in [1.807, 2.05) is 67.6 Å². The first-order valence-corrected chi connectivity index (χ1v) is 18.7. The largest absolute Gasteiger partial charge is 0.397 e. The summed E-state index contributed by atoms with van der Waals surface area (Å²) < 4.78 is 13.9. The molecule has 264 valence electrons. The van der Waals surface area contributed by atoms with E-state index in [-0.39, 0.29) is 43.5 Å². The molecule has 12 heteroatoms. The van der Waals surface area contributed by atoms with E-state index in [1.54, 1.807) is 41.3 Å². The van der Waals surface area contributed by atoms with Crippen molar-refractivity contribution < 1.29 is 24.2 Å². The quantitative estimate of drug-likeness (QED) is 0.0682. The lowest BCUT2D eigenvalue weighted by molar-refractivity contribution is -0.245. The van der Waals surface area contributed by atoms with Crippen LogP contribution in [0, 0.1) is 6.92 Å². The predicted molar refractivity (Wildman–Crippen MR) is 201 cm³/mol. The van der Waals surface area contributed by atoms with Crippen LogP contribution < -0.4 is 16.4 Å². The summed E-state index contributed by atoms with van der Waals surface area (Å²) in [6.45, 7) is 2.33. The summed E-state index contributed by atoms with van der Waals surface area (Å²) >= 11 is 3.22. The van der Waals surface area contributed by atoms with E-state index in [1.165, 1.54) is 0 Å². The van der Waals surface area contributed by atoms with Crippen LogP contribution in [-0.4, -0.2) is 39.0 Å². The highest BCUT2D eigenvalue weighted by molar-refractivity contribution is 8.01. The van der Waals surface area contributed by atoms with Crippen LogP contribution in [0.2, 0.25) is 0 Å². The molecule has 0 bridgehead atoms. The third-order valence-corrected chi connectivity index (χ3v) is 10.6. The zero-order valence-electron chi connectivity index (χ0n) is 28.3. The van der Waals surface area contributed by atoms with Gasteiger partial charge in [-0.25, -0.2) is 0 Å². The van der Waals surface area contributed by atoms with E-state index >= 15 is 0 Å². The number of para-hydroxylation sites is 2. The van der Waals surface area contributed by atoms with Gasteiger partial charge in [-0.1, -0.05) is 102 Å². The molecule has 0 spiro atoms. The standard InChI is InChI=1S/C39H41N5O5S2/c1-25-43-44-39(51-25)50-24-32-21-35(29-14-12-26(23-45)13-15-29)49-38(48-32)30-18-16-28(17-19-30)31-7-4-6-27(20-31)22-41-36(46)10-5-11-37(47)42-34-9-3-2-8-33(34)40/h2-4,6-9,12-20,32,35,38,45H,5,10-11,21-24,40H2,1H3,(H,41,46)(H,42,47)/t32-,35+,38+/m1/s1. The number of nitrogens with one attached hydrogen (secondary N) is 2. The van der Waals surface area contributed by atoms with Gasteiger partial charge < -0.3 is 30.9 Å². The fourth-order valence-corrected chi connectivity index (χ4v) is 7.60. The Kier molecular flexibility index (Phi) is 12.5. The molecule has 1 fully saturated rings. The van der Waals surface area contributed by atoms with Crippen molar-refractivity contribution in [1.29, 1.82) is 0 Å². The Morgan fingerprint density at radius 1 is 0.882 bits per heavy atom. The fourth-order valence-electron chi connectivity index (χ4n) is 5.74. The Bertz CT molecular complexity index is 1920. The van der Waals surface area contributed by atoms with E-state index in [4.69, 9.17) is 15.2 Å². The van der Waals surface area contributed by atoms with Gasteiger partial charge in [-0.3, -0.25) is 9.59 Å². The summed E-state index contributed by atoms with van der Waals surface area (Å²) in [7, 11) is 0. The molecule has 1 aliphatic rings. The molecule has 1 aliphatic heterocycles. The number of ether oxygens (including phenoxy) is 2. The van der Waals surface area contributed by atoms with Crippen molar-refractivity contribution in [3.63, 3.8) is 0 Å². The Balaban J connectivity index is 1.04. The zero-order chi connectivity index (χ0) is 35.6. The Labute approximate surface area is 305 Å². The molecule has 0 aliphatic carbocycles. The number of aliphatic hydroxyl groups excluding tert-OH is 1. The van der Waals surface area contributed by atoms with Gasteiger partial charge in [0.1, 0.15) is 5.01 Å². The third kappa shape index (κ3) is 10.2. The van der Waals surface area contributed by atoms with Crippen molar-refractivity contribution >= 4 is 46.3 Å². The molecule has 4 aromatic carbocycles. The van der Waals surface area contributed by atoms with Crippen LogP contribution in [0.1, 0.15) is 65.3 Å². The lowest BCUT2D eigenvalue weighted by atomic mass is 9.99. The second-order valence-corrected chi connectivity index (χ2v) is 14.8. The molecule has 5 N–H and O–H groups in total. The lowest BCUT2D eigenvalue weighted by Crippen LogP contribution is -2.31. The van der Waals surface area contributed by atoms with Crippen molar-refractivity contribution in [2.45, 2.75) is 68.6 Å². The summed E-state index contributed by atoms with van der Waals surface area (Å²) in [4.78, 5) is 24.8. The number of benzene rings is 4. The molecule has 5 aromatic rings. The molecule has 51 heavy (non-hydrogen) atoms. The average Bonchev–Trinajstić information content (AvgIpc) is 3.59. The number of hydrogen-bond acceptors (Lipinski definition) is 10. The predicted octanol–water partition coefficient (Wildman–Crippen LogP) is 7.35. The second kappa shape index (κ2) is 17.6. The van der Waals surface area contributed by atoms with Crippen molar-refractivity contribution in [1.82, 2.24) is 15.5 Å². The van der Waals surface area contributed by atoms with Crippen LogP contribution >= 0.6 is 23.1 Å². The number of aryl methyl sites for hydroxylation is 1. The number of amides is 2. The summed E-state index contributed by atoms with van der Waals surface area (Å²) in [6.07, 6.45) is 0.812. The van der Waals surface area contributed by atoms with Crippen molar-refractivity contribution in [3.05, 3.63) is 124 Å². The first-order valence-electron chi connectivity index (χ1n) is 16.9. The van der Waals surface area contributed by atoms with E-state index in [0.29, 0.717) is 30.8 Å². The van der Waals surface area contributed by atoms with Gasteiger partial charge in [0, 0.05) is 37.1 Å². The SMILES string of the molecule is Cc1nnc(SC[C@H]2C[C@@H](c3ccc(CO)cc3)O[C@@H](c3ccc(-c4cccc(CNC(=O)CCCC(=O)Nc5ccccc5N)c4)cc3)O2)s1. The Morgan fingerprint density at radius 3 is 2.39 bits per heavy atom.